The van der Waals surface area contributed by atoms with Gasteiger partial charge in [0.15, 0.2) is 0 Å². The fourth-order valence-corrected chi connectivity index (χ4v) is 2.38. The first-order chi connectivity index (χ1) is 9.74. The fourth-order valence-electron chi connectivity index (χ4n) is 2.38. The summed E-state index contributed by atoms with van der Waals surface area (Å²) in [5.74, 6) is 1.03. The zero-order valence-corrected chi connectivity index (χ0v) is 11.9. The fraction of sp³-hybridized carbons (Fsp3) is 0.643. The maximum absolute atomic E-state index is 12.3. The van der Waals surface area contributed by atoms with Crippen LogP contribution in [-0.2, 0) is 0 Å². The summed E-state index contributed by atoms with van der Waals surface area (Å²) >= 11 is 0. The first-order valence-electron chi connectivity index (χ1n) is 7.20. The van der Waals surface area contributed by atoms with E-state index in [2.05, 4.69) is 22.2 Å². The molecule has 0 aromatic carbocycles. The van der Waals surface area contributed by atoms with E-state index in [1.165, 1.54) is 6.20 Å². The number of rotatable bonds is 6. The molecule has 1 fully saturated rings. The smallest absolute Gasteiger partial charge is 0.274 e. The van der Waals surface area contributed by atoms with Crippen LogP contribution >= 0.6 is 0 Å². The van der Waals surface area contributed by atoms with Gasteiger partial charge in [0.25, 0.3) is 5.91 Å². The van der Waals surface area contributed by atoms with Gasteiger partial charge in [-0.15, -0.1) is 0 Å². The Labute approximate surface area is 119 Å². The van der Waals surface area contributed by atoms with E-state index in [1.54, 1.807) is 11.1 Å². The van der Waals surface area contributed by atoms with Gasteiger partial charge in [-0.2, -0.15) is 0 Å². The zero-order chi connectivity index (χ0) is 14.4. The molecule has 110 valence electrons. The summed E-state index contributed by atoms with van der Waals surface area (Å²) in [7, 11) is 0. The van der Waals surface area contributed by atoms with Crippen molar-refractivity contribution >= 4 is 11.7 Å². The highest BCUT2D eigenvalue weighted by molar-refractivity contribution is 5.92. The number of hydrogen-bond donors (Lipinski definition) is 2. The quantitative estimate of drug-likeness (QED) is 0.816. The van der Waals surface area contributed by atoms with Crippen molar-refractivity contribution < 1.29 is 9.90 Å². The zero-order valence-electron chi connectivity index (χ0n) is 11.9. The van der Waals surface area contributed by atoms with Gasteiger partial charge in [0.05, 0.1) is 12.4 Å². The predicted octanol–water partition coefficient (Wildman–Crippen LogP) is 1.14. The summed E-state index contributed by atoms with van der Waals surface area (Å²) in [6.45, 7) is 4.55. The number of aliphatic hydroxyl groups is 1. The average Bonchev–Trinajstić information content (AvgIpc) is 2.94. The van der Waals surface area contributed by atoms with E-state index in [0.717, 1.165) is 32.4 Å². The third-order valence-corrected chi connectivity index (χ3v) is 3.54. The Hall–Kier alpha value is -1.69. The Kier molecular flexibility index (Phi) is 5.29. The molecule has 0 bridgehead atoms. The van der Waals surface area contributed by atoms with E-state index in [1.807, 2.05) is 0 Å². The molecule has 1 amide bonds. The van der Waals surface area contributed by atoms with Crippen LogP contribution in [0.25, 0.3) is 0 Å². The third kappa shape index (κ3) is 3.66. The lowest BCUT2D eigenvalue weighted by molar-refractivity contribution is 0.0778. The molecule has 0 saturated carbocycles. The van der Waals surface area contributed by atoms with E-state index in [4.69, 9.17) is 5.11 Å². The number of aliphatic hydroxyl groups excluding tert-OH is 1. The molecule has 20 heavy (non-hydrogen) atoms. The maximum Gasteiger partial charge on any atom is 0.274 e. The van der Waals surface area contributed by atoms with Gasteiger partial charge in [0.1, 0.15) is 11.5 Å². The van der Waals surface area contributed by atoms with Crippen molar-refractivity contribution in [2.45, 2.75) is 26.2 Å². The molecule has 1 aromatic rings. The molecular formula is C14H22N4O2. The molecule has 2 heterocycles. The van der Waals surface area contributed by atoms with Gasteiger partial charge in [0, 0.05) is 26.2 Å². The third-order valence-electron chi connectivity index (χ3n) is 3.54. The minimum atomic E-state index is -0.0695. The van der Waals surface area contributed by atoms with Crippen LogP contribution in [0.4, 0.5) is 5.82 Å². The topological polar surface area (TPSA) is 78.4 Å². The molecule has 1 aromatic heterocycles. The highest BCUT2D eigenvalue weighted by atomic mass is 16.3. The second-order valence-electron chi connectivity index (χ2n) is 5.13. The van der Waals surface area contributed by atoms with Crippen molar-refractivity contribution in [1.82, 2.24) is 14.9 Å². The van der Waals surface area contributed by atoms with Crippen molar-refractivity contribution in [3.63, 3.8) is 0 Å². The number of likely N-dealkylation sites (tertiary alicyclic amines) is 1. The number of amides is 1. The normalized spacial score (nSPS) is 18.3. The van der Waals surface area contributed by atoms with Crippen molar-refractivity contribution in [3.05, 3.63) is 18.1 Å². The average molecular weight is 278 g/mol. The minimum absolute atomic E-state index is 0.0695. The van der Waals surface area contributed by atoms with E-state index >= 15 is 0 Å². The van der Waals surface area contributed by atoms with Gasteiger partial charge < -0.3 is 15.3 Å². The summed E-state index contributed by atoms with van der Waals surface area (Å²) < 4.78 is 0. The van der Waals surface area contributed by atoms with E-state index in [-0.39, 0.29) is 12.5 Å². The Balaban J connectivity index is 1.92. The molecule has 0 aliphatic carbocycles. The van der Waals surface area contributed by atoms with Crippen LogP contribution in [-0.4, -0.2) is 52.1 Å². The molecule has 6 nitrogen and oxygen atoms in total. The molecule has 1 saturated heterocycles. The van der Waals surface area contributed by atoms with E-state index in [0.29, 0.717) is 24.0 Å². The van der Waals surface area contributed by atoms with E-state index < -0.39 is 0 Å². The highest BCUT2D eigenvalue weighted by Crippen LogP contribution is 2.20. The molecule has 1 aliphatic heterocycles. The minimum Gasteiger partial charge on any atom is -0.396 e. The Morgan fingerprint density at radius 1 is 1.50 bits per heavy atom. The van der Waals surface area contributed by atoms with Crippen LogP contribution in [0.2, 0.25) is 0 Å². The number of nitrogens with one attached hydrogen (secondary N) is 1. The molecule has 1 atom stereocenters. The van der Waals surface area contributed by atoms with Crippen LogP contribution < -0.4 is 5.32 Å². The Bertz CT molecular complexity index is 435. The Morgan fingerprint density at radius 3 is 3.00 bits per heavy atom. The van der Waals surface area contributed by atoms with Crippen LogP contribution in [0.1, 0.15) is 36.7 Å². The van der Waals surface area contributed by atoms with Gasteiger partial charge >= 0.3 is 0 Å². The second-order valence-corrected chi connectivity index (χ2v) is 5.13. The number of carbonyl (C=O) groups excluding carboxylic acids is 1. The van der Waals surface area contributed by atoms with Crippen molar-refractivity contribution in [2.75, 3.05) is 31.6 Å². The lowest BCUT2D eigenvalue weighted by Crippen LogP contribution is -2.29. The van der Waals surface area contributed by atoms with Gasteiger partial charge in [-0.25, -0.2) is 9.97 Å². The lowest BCUT2D eigenvalue weighted by atomic mass is 10.1. The lowest BCUT2D eigenvalue weighted by Gasteiger charge is -2.15. The summed E-state index contributed by atoms with van der Waals surface area (Å²) in [4.78, 5) is 22.4. The second kappa shape index (κ2) is 7.19. The van der Waals surface area contributed by atoms with E-state index in [9.17, 15) is 4.79 Å². The van der Waals surface area contributed by atoms with Crippen LogP contribution in [0.5, 0.6) is 0 Å². The molecule has 0 spiro atoms. The first kappa shape index (κ1) is 14.7. The molecule has 2 rings (SSSR count). The van der Waals surface area contributed by atoms with Crippen molar-refractivity contribution in [2.24, 2.45) is 5.92 Å². The van der Waals surface area contributed by atoms with Crippen molar-refractivity contribution in [1.29, 1.82) is 0 Å². The number of carbonyl (C=O) groups is 1. The molecular weight excluding hydrogens is 256 g/mol. The summed E-state index contributed by atoms with van der Waals surface area (Å²) in [5, 5.41) is 12.1. The van der Waals surface area contributed by atoms with Gasteiger partial charge in [0.2, 0.25) is 0 Å². The molecule has 6 heteroatoms. The largest absolute Gasteiger partial charge is 0.396 e. The number of hydrogen-bond acceptors (Lipinski definition) is 5. The molecule has 1 aliphatic rings. The standard InChI is InChI=1S/C14H22N4O2/c1-2-5-15-13-9-16-12(8-17-13)14(20)18-6-3-11(10-18)4-7-19/h8-9,11,19H,2-7,10H2,1H3,(H,15,17). The maximum atomic E-state index is 12.3. The first-order valence-corrected chi connectivity index (χ1v) is 7.20. The SMILES string of the molecule is CCCNc1cnc(C(=O)N2CCC(CCO)C2)cn1. The highest BCUT2D eigenvalue weighted by Gasteiger charge is 2.27. The van der Waals surface area contributed by atoms with Gasteiger partial charge in [-0.3, -0.25) is 4.79 Å². The number of aromatic nitrogens is 2. The van der Waals surface area contributed by atoms with Gasteiger partial charge in [-0.1, -0.05) is 6.92 Å². The van der Waals surface area contributed by atoms with Gasteiger partial charge in [-0.05, 0) is 25.2 Å². The van der Waals surface area contributed by atoms with Crippen molar-refractivity contribution in [3.8, 4) is 0 Å². The Morgan fingerprint density at radius 2 is 2.35 bits per heavy atom. The molecule has 0 radical (unpaired) electrons. The van der Waals surface area contributed by atoms with Crippen LogP contribution in [0, 0.1) is 5.92 Å². The summed E-state index contributed by atoms with van der Waals surface area (Å²) in [6, 6.07) is 0. The molecule has 1 unspecified atom stereocenters. The van der Waals surface area contributed by atoms with Crippen LogP contribution in [0.15, 0.2) is 12.4 Å². The molecule has 2 N–H and O–H groups in total. The van der Waals surface area contributed by atoms with Crippen LogP contribution in [0.3, 0.4) is 0 Å². The summed E-state index contributed by atoms with van der Waals surface area (Å²) in [6.07, 6.45) is 5.86. The predicted molar refractivity (Wildman–Crippen MR) is 76.5 cm³/mol. The monoisotopic (exact) mass is 278 g/mol. The number of anilines is 1. The summed E-state index contributed by atoms with van der Waals surface area (Å²) in [5.41, 5.74) is 0.386. The number of nitrogens with zero attached hydrogens (tertiary/aromatic N) is 3.